The smallest absolute Gasteiger partial charge is 0.338 e. The van der Waals surface area contributed by atoms with Crippen molar-refractivity contribution in [3.05, 3.63) is 83.2 Å². The molecule has 0 atom stereocenters. The number of carbonyl (C=O) groups is 2. The van der Waals surface area contributed by atoms with E-state index in [-0.39, 0.29) is 28.9 Å². The summed E-state index contributed by atoms with van der Waals surface area (Å²) in [6, 6.07) is 16.0. The van der Waals surface area contributed by atoms with Crippen molar-refractivity contribution in [3.8, 4) is 17.1 Å². The van der Waals surface area contributed by atoms with E-state index in [0.717, 1.165) is 5.56 Å². The summed E-state index contributed by atoms with van der Waals surface area (Å²) >= 11 is 0. The summed E-state index contributed by atoms with van der Waals surface area (Å²) in [5.74, 6) is -0.936. The van der Waals surface area contributed by atoms with Gasteiger partial charge in [0.05, 0.1) is 50.4 Å². The van der Waals surface area contributed by atoms with Crippen molar-refractivity contribution in [3.63, 3.8) is 0 Å². The molecular formula is C30H31FN2O7. The number of fused-ring (bicyclic) bond motifs is 1. The minimum absolute atomic E-state index is 0.0559. The average molecular weight is 551 g/mol. The Morgan fingerprint density at radius 2 is 1.70 bits per heavy atom. The van der Waals surface area contributed by atoms with Crippen LogP contribution in [0, 0.1) is 5.82 Å². The van der Waals surface area contributed by atoms with Crippen LogP contribution in [0.5, 0.6) is 5.75 Å². The van der Waals surface area contributed by atoms with Gasteiger partial charge in [-0.25, -0.2) is 9.18 Å². The van der Waals surface area contributed by atoms with Crippen molar-refractivity contribution >= 4 is 28.5 Å². The number of carbonyl (C=O) groups excluding carboxylic acids is 2. The van der Waals surface area contributed by atoms with Crippen LogP contribution in [0.1, 0.15) is 26.3 Å². The molecule has 0 saturated heterocycles. The molecule has 1 heterocycles. The number of anilines is 1. The first-order valence-corrected chi connectivity index (χ1v) is 12.8. The van der Waals surface area contributed by atoms with Gasteiger partial charge in [0.1, 0.15) is 22.9 Å². The third kappa shape index (κ3) is 6.77. The lowest BCUT2D eigenvalue weighted by Crippen LogP contribution is -2.18. The maximum absolute atomic E-state index is 13.4. The number of phenolic OH excluding ortho intramolecular Hbond substituents is 1. The molecule has 0 unspecified atom stereocenters. The van der Waals surface area contributed by atoms with Gasteiger partial charge in [0.2, 0.25) is 0 Å². The number of halogens is 1. The molecule has 0 spiro atoms. The van der Waals surface area contributed by atoms with E-state index in [1.165, 1.54) is 44.5 Å². The minimum Gasteiger partial charge on any atom is -0.506 e. The summed E-state index contributed by atoms with van der Waals surface area (Å²) in [7, 11) is 2.86. The molecule has 0 aliphatic heterocycles. The molecular weight excluding hydrogens is 519 g/mol. The molecule has 0 aliphatic rings. The first kappa shape index (κ1) is 28.6. The van der Waals surface area contributed by atoms with Crippen LogP contribution >= 0.6 is 0 Å². The van der Waals surface area contributed by atoms with Crippen molar-refractivity contribution in [1.82, 2.24) is 5.32 Å². The third-order valence-electron chi connectivity index (χ3n) is 6.24. The molecule has 210 valence electrons. The summed E-state index contributed by atoms with van der Waals surface area (Å²) in [6.07, 6.45) is 0.575. The van der Waals surface area contributed by atoms with Crippen LogP contribution < -0.4 is 10.6 Å². The number of hydrogen-bond acceptors (Lipinski definition) is 8. The van der Waals surface area contributed by atoms with E-state index in [0.29, 0.717) is 67.2 Å². The van der Waals surface area contributed by atoms with Gasteiger partial charge in [0.15, 0.2) is 0 Å². The van der Waals surface area contributed by atoms with E-state index in [9.17, 15) is 19.1 Å². The number of esters is 1. The zero-order chi connectivity index (χ0) is 28.5. The van der Waals surface area contributed by atoms with E-state index >= 15 is 0 Å². The van der Waals surface area contributed by atoms with Gasteiger partial charge >= 0.3 is 5.97 Å². The zero-order valence-corrected chi connectivity index (χ0v) is 22.3. The zero-order valence-electron chi connectivity index (χ0n) is 22.3. The van der Waals surface area contributed by atoms with Crippen LogP contribution in [0.3, 0.4) is 0 Å². The van der Waals surface area contributed by atoms with E-state index in [1.54, 1.807) is 18.2 Å². The fourth-order valence-electron chi connectivity index (χ4n) is 4.24. The normalized spacial score (nSPS) is 11.0. The maximum atomic E-state index is 13.4. The second-order valence-corrected chi connectivity index (χ2v) is 8.81. The number of rotatable bonds is 13. The van der Waals surface area contributed by atoms with Gasteiger partial charge in [-0.2, -0.15) is 0 Å². The molecule has 1 amide bonds. The van der Waals surface area contributed by atoms with Crippen molar-refractivity contribution in [2.45, 2.75) is 6.42 Å². The molecule has 3 N–H and O–H groups in total. The lowest BCUT2D eigenvalue weighted by molar-refractivity contribution is 0.0522. The number of amides is 1. The van der Waals surface area contributed by atoms with Crippen LogP contribution in [-0.4, -0.2) is 64.1 Å². The highest BCUT2D eigenvalue weighted by Gasteiger charge is 2.23. The molecule has 4 rings (SSSR count). The van der Waals surface area contributed by atoms with E-state index in [1.807, 2.05) is 12.1 Å². The number of benzene rings is 3. The van der Waals surface area contributed by atoms with E-state index in [4.69, 9.17) is 18.6 Å². The summed E-state index contributed by atoms with van der Waals surface area (Å²) in [4.78, 5) is 24.5. The van der Waals surface area contributed by atoms with Crippen LogP contribution in [0.4, 0.5) is 10.1 Å². The number of phenols is 1. The molecule has 3 aromatic carbocycles. The fourth-order valence-corrected chi connectivity index (χ4v) is 4.24. The number of ether oxygens (including phenoxy) is 3. The first-order valence-electron chi connectivity index (χ1n) is 12.8. The van der Waals surface area contributed by atoms with Crippen LogP contribution in [0.25, 0.3) is 22.3 Å². The summed E-state index contributed by atoms with van der Waals surface area (Å²) in [5, 5.41) is 16.7. The van der Waals surface area contributed by atoms with Gasteiger partial charge in [-0.3, -0.25) is 4.79 Å². The number of nitrogens with one attached hydrogen (secondary N) is 2. The molecule has 1 aromatic heterocycles. The van der Waals surface area contributed by atoms with Gasteiger partial charge in [0.25, 0.3) is 5.91 Å². The Bertz CT molecular complexity index is 1470. The number of methoxy groups -OCH3 is 1. The molecule has 4 aromatic rings. The third-order valence-corrected chi connectivity index (χ3v) is 6.24. The minimum atomic E-state index is -0.402. The average Bonchev–Trinajstić information content (AvgIpc) is 3.34. The number of aromatic hydroxyl groups is 1. The lowest BCUT2D eigenvalue weighted by Gasteiger charge is -2.10. The molecule has 0 radical (unpaired) electrons. The predicted molar refractivity (Wildman–Crippen MR) is 148 cm³/mol. The van der Waals surface area contributed by atoms with Crippen molar-refractivity contribution in [2.24, 2.45) is 0 Å². The molecule has 9 nitrogen and oxygen atoms in total. The lowest BCUT2D eigenvalue weighted by atomic mass is 10.0. The first-order chi connectivity index (χ1) is 19.4. The Hall–Kier alpha value is -4.41. The highest BCUT2D eigenvalue weighted by molar-refractivity contribution is 6.12. The second-order valence-electron chi connectivity index (χ2n) is 8.81. The quantitative estimate of drug-likeness (QED) is 0.124. The predicted octanol–water partition coefficient (Wildman–Crippen LogP) is 4.78. The SMILES string of the molecule is CNC(=O)c1c(-c2ccc(F)cc2)oc2cc(NCCOCCOCCc3ccccc3C(=O)OC)c(O)cc12. The molecule has 40 heavy (non-hydrogen) atoms. The van der Waals surface area contributed by atoms with Crippen LogP contribution in [0.2, 0.25) is 0 Å². The summed E-state index contributed by atoms with van der Waals surface area (Å²) < 4.78 is 35.4. The Labute approximate surface area is 230 Å². The van der Waals surface area contributed by atoms with Crippen LogP contribution in [-0.2, 0) is 20.6 Å². The van der Waals surface area contributed by atoms with Crippen LogP contribution in [0.15, 0.2) is 65.1 Å². The molecule has 0 bridgehead atoms. The Balaban J connectivity index is 1.28. The Kier molecular flexibility index (Phi) is 9.71. The van der Waals surface area contributed by atoms with Crippen molar-refractivity contribution in [1.29, 1.82) is 0 Å². The van der Waals surface area contributed by atoms with E-state index < -0.39 is 5.82 Å². The van der Waals surface area contributed by atoms with Gasteiger partial charge < -0.3 is 34.4 Å². The largest absolute Gasteiger partial charge is 0.506 e. The number of hydrogen-bond donors (Lipinski definition) is 3. The van der Waals surface area contributed by atoms with E-state index in [2.05, 4.69) is 10.6 Å². The van der Waals surface area contributed by atoms with Gasteiger partial charge in [0, 0.05) is 30.6 Å². The molecule has 0 saturated carbocycles. The Morgan fingerprint density at radius 3 is 2.42 bits per heavy atom. The molecule has 10 heteroatoms. The van der Waals surface area contributed by atoms with Crippen molar-refractivity contribution < 1.29 is 37.7 Å². The Morgan fingerprint density at radius 1 is 0.975 bits per heavy atom. The van der Waals surface area contributed by atoms with Gasteiger partial charge in [-0.15, -0.1) is 0 Å². The summed E-state index contributed by atoms with van der Waals surface area (Å²) in [6.45, 7) is 1.96. The summed E-state index contributed by atoms with van der Waals surface area (Å²) in [5.41, 5.74) is 2.99. The maximum Gasteiger partial charge on any atom is 0.338 e. The topological polar surface area (TPSA) is 119 Å². The van der Waals surface area contributed by atoms with Crippen molar-refractivity contribution in [2.75, 3.05) is 52.4 Å². The monoisotopic (exact) mass is 550 g/mol. The number of furan rings is 1. The second kappa shape index (κ2) is 13.6. The molecule has 0 fully saturated rings. The van der Waals surface area contributed by atoms with Gasteiger partial charge in [-0.1, -0.05) is 18.2 Å². The fraction of sp³-hybridized carbons (Fsp3) is 0.267. The molecule has 0 aliphatic carbocycles. The highest BCUT2D eigenvalue weighted by Crippen LogP contribution is 2.38. The standard InChI is InChI=1S/C30H31FN2O7/c1-32-29(35)27-23-17-25(34)24(18-26(23)40-28(27)20-7-9-21(31)10-8-20)33-12-14-39-16-15-38-13-11-19-5-3-4-6-22(19)30(36)37-2/h3-10,17-18,33-34H,11-16H2,1-2H3,(H,32,35). The van der Waals surface area contributed by atoms with Gasteiger partial charge in [-0.05, 0) is 48.4 Å². The highest BCUT2D eigenvalue weighted by atomic mass is 19.1.